The second-order valence-corrected chi connectivity index (χ2v) is 6.18. The van der Waals surface area contributed by atoms with Crippen molar-refractivity contribution in [3.63, 3.8) is 0 Å². The average molecular weight is 530 g/mol. The molecule has 0 spiro atoms. The second kappa shape index (κ2) is 9.09. The first-order valence-corrected chi connectivity index (χ1v) is 8.14. The normalized spacial score (nSPS) is 14.1. The summed E-state index contributed by atoms with van der Waals surface area (Å²) < 4.78 is 184. The lowest BCUT2D eigenvalue weighted by atomic mass is 10.1. The number of rotatable bonds is 8. The number of benzene rings is 1. The summed E-state index contributed by atoms with van der Waals surface area (Å²) in [5, 5.41) is 0. The number of para-hydroxylation sites is 1. The van der Waals surface area contributed by atoms with Crippen LogP contribution in [0.4, 0.5) is 61.5 Å². The predicted octanol–water partition coefficient (Wildman–Crippen LogP) is 5.34. The molecular formula is C16H8F14O4. The number of hydrogen-bond acceptors (Lipinski definition) is 4. The van der Waals surface area contributed by atoms with Gasteiger partial charge in [-0.05, 0) is 11.6 Å². The molecule has 1 rings (SSSR count). The summed E-state index contributed by atoms with van der Waals surface area (Å²) in [6, 6.07) is 3.11. The van der Waals surface area contributed by atoms with Gasteiger partial charge in [0.1, 0.15) is 5.75 Å². The van der Waals surface area contributed by atoms with Gasteiger partial charge >= 0.3 is 48.0 Å². The van der Waals surface area contributed by atoms with E-state index < -0.39 is 72.3 Å². The number of carbonyl (C=O) groups is 2. The van der Waals surface area contributed by atoms with Crippen LogP contribution < -0.4 is 4.74 Å². The molecule has 1 aromatic carbocycles. The van der Waals surface area contributed by atoms with Crippen molar-refractivity contribution in [3.8, 4) is 5.75 Å². The van der Waals surface area contributed by atoms with E-state index in [2.05, 4.69) is 9.47 Å². The van der Waals surface area contributed by atoms with E-state index in [0.717, 1.165) is 18.2 Å². The Morgan fingerprint density at radius 1 is 0.647 bits per heavy atom. The van der Waals surface area contributed by atoms with Crippen molar-refractivity contribution in [2.75, 3.05) is 6.61 Å². The maximum atomic E-state index is 13.3. The molecule has 0 aliphatic rings. The SMILES string of the molecule is O=C(OCCc1ccccc1OC(=O)C(F)(F)C(F)(F)C(F)(F)F)C(F)(F)C(F)(F)C(F)(F)F. The number of esters is 2. The summed E-state index contributed by atoms with van der Waals surface area (Å²) in [5.41, 5.74) is -0.666. The molecule has 0 atom stereocenters. The van der Waals surface area contributed by atoms with Crippen LogP contribution in [0.5, 0.6) is 5.75 Å². The molecule has 0 aliphatic heterocycles. The van der Waals surface area contributed by atoms with Crippen LogP contribution >= 0.6 is 0 Å². The quantitative estimate of drug-likeness (QED) is 0.259. The highest BCUT2D eigenvalue weighted by Gasteiger charge is 2.78. The molecule has 0 heterocycles. The minimum Gasteiger partial charge on any atom is -0.461 e. The van der Waals surface area contributed by atoms with E-state index in [1.807, 2.05) is 0 Å². The van der Waals surface area contributed by atoms with E-state index in [0.29, 0.717) is 6.07 Å². The van der Waals surface area contributed by atoms with Gasteiger partial charge in [-0.15, -0.1) is 0 Å². The zero-order chi connectivity index (χ0) is 27.0. The van der Waals surface area contributed by atoms with Gasteiger partial charge in [0.25, 0.3) is 0 Å². The fourth-order valence-electron chi connectivity index (χ4n) is 1.93. The van der Waals surface area contributed by atoms with Gasteiger partial charge in [-0.1, -0.05) is 18.2 Å². The van der Waals surface area contributed by atoms with Crippen molar-refractivity contribution < 1.29 is 80.5 Å². The van der Waals surface area contributed by atoms with Gasteiger partial charge in [0.05, 0.1) is 6.61 Å². The highest BCUT2D eigenvalue weighted by Crippen LogP contribution is 2.48. The Morgan fingerprint density at radius 2 is 1.06 bits per heavy atom. The summed E-state index contributed by atoms with van der Waals surface area (Å²) in [5.74, 6) is -34.5. The maximum absolute atomic E-state index is 13.3. The molecule has 0 saturated carbocycles. The van der Waals surface area contributed by atoms with Gasteiger partial charge in [-0.3, -0.25) is 0 Å². The first-order chi connectivity index (χ1) is 15.0. The molecule has 34 heavy (non-hydrogen) atoms. The number of ether oxygens (including phenoxy) is 2. The molecule has 0 saturated heterocycles. The topological polar surface area (TPSA) is 52.6 Å². The lowest BCUT2D eigenvalue weighted by Gasteiger charge is -2.26. The number of carbonyl (C=O) groups excluding carboxylic acids is 2. The molecule has 0 unspecified atom stereocenters. The lowest BCUT2D eigenvalue weighted by Crippen LogP contribution is -2.57. The van der Waals surface area contributed by atoms with Crippen LogP contribution in [0.3, 0.4) is 0 Å². The van der Waals surface area contributed by atoms with Crippen LogP contribution in [0.1, 0.15) is 5.56 Å². The molecule has 0 fully saturated rings. The lowest BCUT2D eigenvalue weighted by molar-refractivity contribution is -0.348. The van der Waals surface area contributed by atoms with Gasteiger partial charge in [-0.25, -0.2) is 9.59 Å². The molecule has 18 heteroatoms. The van der Waals surface area contributed by atoms with E-state index in [1.165, 1.54) is 0 Å². The fraction of sp³-hybridized carbons (Fsp3) is 0.500. The number of hydrogen-bond donors (Lipinski definition) is 0. The molecule has 0 aliphatic carbocycles. The van der Waals surface area contributed by atoms with E-state index >= 15 is 0 Å². The maximum Gasteiger partial charge on any atom is 0.460 e. The summed E-state index contributed by atoms with van der Waals surface area (Å²) in [6.45, 7) is -1.47. The zero-order valence-electron chi connectivity index (χ0n) is 15.6. The van der Waals surface area contributed by atoms with E-state index in [-0.39, 0.29) is 0 Å². The second-order valence-electron chi connectivity index (χ2n) is 6.18. The van der Waals surface area contributed by atoms with Crippen molar-refractivity contribution in [2.45, 2.75) is 42.5 Å². The first kappa shape index (κ1) is 29.2. The van der Waals surface area contributed by atoms with E-state index in [4.69, 9.17) is 0 Å². The summed E-state index contributed by atoms with van der Waals surface area (Å²) in [6.07, 6.45) is -14.8. The highest BCUT2D eigenvalue weighted by molar-refractivity contribution is 5.81. The molecular weight excluding hydrogens is 522 g/mol. The van der Waals surface area contributed by atoms with Crippen LogP contribution in [-0.4, -0.2) is 54.6 Å². The van der Waals surface area contributed by atoms with Crippen molar-refractivity contribution in [1.29, 1.82) is 0 Å². The predicted molar refractivity (Wildman–Crippen MR) is 78.6 cm³/mol. The Morgan fingerprint density at radius 3 is 1.50 bits per heavy atom. The third-order valence-corrected chi connectivity index (χ3v) is 3.79. The van der Waals surface area contributed by atoms with Crippen LogP contribution in [-0.2, 0) is 20.7 Å². The fourth-order valence-corrected chi connectivity index (χ4v) is 1.93. The largest absolute Gasteiger partial charge is 0.461 e. The summed E-state index contributed by atoms with van der Waals surface area (Å²) >= 11 is 0. The van der Waals surface area contributed by atoms with E-state index in [1.54, 1.807) is 0 Å². The van der Waals surface area contributed by atoms with Crippen molar-refractivity contribution in [3.05, 3.63) is 29.8 Å². The minimum absolute atomic E-state index is 0.531. The number of halogens is 14. The van der Waals surface area contributed by atoms with Crippen LogP contribution in [0.25, 0.3) is 0 Å². The monoisotopic (exact) mass is 530 g/mol. The molecule has 0 amide bonds. The standard InChI is InChI=1S/C16H8F14O4/c17-11(18,13(21,22)15(25,26)27)9(31)33-6-5-7-3-1-2-4-8(7)34-10(32)12(19,20)14(23,24)16(28,29)30/h1-4H,5-6H2. The molecule has 1 aromatic rings. The Hall–Kier alpha value is -2.82. The van der Waals surface area contributed by atoms with Crippen LogP contribution in [0, 0.1) is 0 Å². The molecule has 0 aromatic heterocycles. The third kappa shape index (κ3) is 5.29. The Balaban J connectivity index is 2.98. The Bertz CT molecular complexity index is 904. The number of alkyl halides is 14. The molecule has 0 N–H and O–H groups in total. The smallest absolute Gasteiger partial charge is 0.460 e. The minimum atomic E-state index is -6.88. The van der Waals surface area contributed by atoms with Crippen LogP contribution in [0.15, 0.2) is 24.3 Å². The average Bonchev–Trinajstić information content (AvgIpc) is 2.66. The Labute approximate surface area is 178 Å². The van der Waals surface area contributed by atoms with Crippen LogP contribution in [0.2, 0.25) is 0 Å². The van der Waals surface area contributed by atoms with E-state index in [9.17, 15) is 71.1 Å². The molecule has 0 radical (unpaired) electrons. The van der Waals surface area contributed by atoms with Gasteiger partial charge in [0.15, 0.2) is 0 Å². The van der Waals surface area contributed by atoms with Crippen molar-refractivity contribution >= 4 is 11.9 Å². The summed E-state index contributed by atoms with van der Waals surface area (Å²) in [7, 11) is 0. The van der Waals surface area contributed by atoms with Gasteiger partial charge in [0, 0.05) is 6.42 Å². The van der Waals surface area contributed by atoms with Gasteiger partial charge < -0.3 is 9.47 Å². The Kier molecular flexibility index (Phi) is 7.81. The third-order valence-electron chi connectivity index (χ3n) is 3.79. The molecule has 0 bridgehead atoms. The van der Waals surface area contributed by atoms with Crippen molar-refractivity contribution in [2.24, 2.45) is 0 Å². The zero-order valence-corrected chi connectivity index (χ0v) is 15.6. The molecule has 4 nitrogen and oxygen atoms in total. The highest BCUT2D eigenvalue weighted by atomic mass is 19.4. The summed E-state index contributed by atoms with van der Waals surface area (Å²) in [4.78, 5) is 22.3. The van der Waals surface area contributed by atoms with Gasteiger partial charge in [0.2, 0.25) is 0 Å². The first-order valence-electron chi connectivity index (χ1n) is 8.14. The van der Waals surface area contributed by atoms with Crippen molar-refractivity contribution in [1.82, 2.24) is 0 Å². The van der Waals surface area contributed by atoms with Gasteiger partial charge in [-0.2, -0.15) is 61.5 Å². The molecule has 194 valence electrons.